The molecule has 2 aliphatic heterocycles. The fraction of sp³-hybridized carbons (Fsp3) is 0.609. The molecule has 0 amide bonds. The van der Waals surface area contributed by atoms with Gasteiger partial charge in [0.25, 0.3) is 12.0 Å². The highest BCUT2D eigenvalue weighted by Gasteiger charge is 2.49. The molecular weight excluding hydrogens is 499 g/mol. The maximum atomic E-state index is 13.3. The van der Waals surface area contributed by atoms with Crippen LogP contribution >= 0.6 is 0 Å². The molecule has 0 aliphatic carbocycles. The number of fused-ring (bicyclic) bond motifs is 1. The van der Waals surface area contributed by atoms with Gasteiger partial charge in [-0.1, -0.05) is 13.8 Å². The molecule has 37 heavy (non-hydrogen) atoms. The van der Waals surface area contributed by atoms with Crippen molar-refractivity contribution in [2.75, 3.05) is 36.0 Å². The lowest BCUT2D eigenvalue weighted by Gasteiger charge is -2.48. The molecule has 0 aromatic carbocycles. The van der Waals surface area contributed by atoms with E-state index >= 15 is 0 Å². The van der Waals surface area contributed by atoms with Crippen LogP contribution in [-0.2, 0) is 19.3 Å². The van der Waals surface area contributed by atoms with Crippen LogP contribution in [0.3, 0.4) is 0 Å². The molecular formula is C23H27F5N8O. The van der Waals surface area contributed by atoms with Gasteiger partial charge in [0.1, 0.15) is 29.3 Å². The van der Waals surface area contributed by atoms with E-state index in [4.69, 9.17) is 0 Å². The van der Waals surface area contributed by atoms with E-state index in [-0.39, 0.29) is 39.6 Å². The van der Waals surface area contributed by atoms with Crippen molar-refractivity contribution in [2.45, 2.75) is 52.9 Å². The molecule has 3 aromatic rings. The van der Waals surface area contributed by atoms with Crippen molar-refractivity contribution in [2.24, 2.45) is 11.3 Å². The molecule has 1 spiro atoms. The maximum Gasteiger partial charge on any atom is 0.433 e. The summed E-state index contributed by atoms with van der Waals surface area (Å²) >= 11 is 0. The Balaban J connectivity index is 1.42. The van der Waals surface area contributed by atoms with Crippen molar-refractivity contribution in [1.29, 1.82) is 0 Å². The van der Waals surface area contributed by atoms with Crippen LogP contribution in [0.25, 0.3) is 11.0 Å². The summed E-state index contributed by atoms with van der Waals surface area (Å²) in [6.45, 7) is 7.19. The van der Waals surface area contributed by atoms with Crippen molar-refractivity contribution in [3.63, 3.8) is 0 Å². The zero-order valence-electron chi connectivity index (χ0n) is 20.6. The van der Waals surface area contributed by atoms with Gasteiger partial charge in [-0.15, -0.1) is 0 Å². The lowest BCUT2D eigenvalue weighted by molar-refractivity contribution is -0.141. The zero-order valence-corrected chi connectivity index (χ0v) is 20.6. The van der Waals surface area contributed by atoms with Gasteiger partial charge in [-0.3, -0.25) is 9.36 Å². The highest BCUT2D eigenvalue weighted by molar-refractivity contribution is 5.75. The van der Waals surface area contributed by atoms with E-state index < -0.39 is 24.8 Å². The van der Waals surface area contributed by atoms with E-state index in [1.807, 2.05) is 18.7 Å². The monoisotopic (exact) mass is 526 g/mol. The van der Waals surface area contributed by atoms with Gasteiger partial charge in [0.2, 0.25) is 5.95 Å². The van der Waals surface area contributed by atoms with E-state index in [0.717, 1.165) is 17.2 Å². The summed E-state index contributed by atoms with van der Waals surface area (Å²) < 4.78 is 68.4. The highest BCUT2D eigenvalue weighted by atomic mass is 19.4. The van der Waals surface area contributed by atoms with Crippen LogP contribution in [0.2, 0.25) is 0 Å². The number of alkyl halides is 5. The summed E-state index contributed by atoms with van der Waals surface area (Å²) in [4.78, 5) is 29.4. The molecule has 200 valence electrons. The summed E-state index contributed by atoms with van der Waals surface area (Å²) in [5.74, 6) is 0.812. The first-order chi connectivity index (χ1) is 17.3. The lowest BCUT2D eigenvalue weighted by Crippen LogP contribution is -2.58. The fourth-order valence-electron chi connectivity index (χ4n) is 5.22. The number of halogens is 5. The van der Waals surface area contributed by atoms with Crippen LogP contribution in [0.4, 0.5) is 33.7 Å². The van der Waals surface area contributed by atoms with E-state index in [9.17, 15) is 26.7 Å². The molecule has 2 saturated heterocycles. The SMILES string of the molecule is Cc1nc(N2CC3(CCN(c4nc5c(cnn5CC(F)F)c(=O)n4CC(C)C)C3)C2)cc(C(F)(F)F)n1. The van der Waals surface area contributed by atoms with Crippen molar-refractivity contribution in [3.05, 3.63) is 34.1 Å². The molecule has 0 atom stereocenters. The lowest BCUT2D eigenvalue weighted by atomic mass is 9.79. The third kappa shape index (κ3) is 4.73. The first-order valence-electron chi connectivity index (χ1n) is 12.0. The number of anilines is 2. The summed E-state index contributed by atoms with van der Waals surface area (Å²) in [7, 11) is 0. The topological polar surface area (TPSA) is 85.0 Å². The Labute approximate surface area is 208 Å². The fourth-order valence-corrected chi connectivity index (χ4v) is 5.22. The zero-order chi connectivity index (χ0) is 26.7. The standard InChI is InChI=1S/C23H27F5N8O/c1-13(2)8-35-20(37)15-7-29-36(9-17(24)25)19(15)32-21(35)33-5-4-22(10-33)11-34(12-22)18-6-16(23(26,27)28)30-14(3)31-18/h6-7,13,17H,4-5,8-12H2,1-3H3. The normalized spacial score (nSPS) is 17.6. The Kier molecular flexibility index (Phi) is 6.10. The van der Waals surface area contributed by atoms with Crippen molar-refractivity contribution < 1.29 is 22.0 Å². The second kappa shape index (κ2) is 8.91. The van der Waals surface area contributed by atoms with Gasteiger partial charge in [-0.25, -0.2) is 23.4 Å². The van der Waals surface area contributed by atoms with Crippen LogP contribution in [0, 0.1) is 18.3 Å². The smallest absolute Gasteiger partial charge is 0.355 e. The molecule has 2 aliphatic rings. The van der Waals surface area contributed by atoms with E-state index in [1.165, 1.54) is 13.1 Å². The third-order valence-corrected chi connectivity index (χ3v) is 6.81. The minimum atomic E-state index is -4.56. The highest BCUT2D eigenvalue weighted by Crippen LogP contribution is 2.43. The number of aromatic nitrogens is 6. The number of rotatable bonds is 6. The van der Waals surface area contributed by atoms with Gasteiger partial charge in [-0.05, 0) is 19.3 Å². The Morgan fingerprint density at radius 3 is 2.41 bits per heavy atom. The van der Waals surface area contributed by atoms with Crippen LogP contribution in [0.1, 0.15) is 31.8 Å². The summed E-state index contributed by atoms with van der Waals surface area (Å²) in [6.07, 6.45) is -5.19. The Morgan fingerprint density at radius 2 is 1.76 bits per heavy atom. The molecule has 9 nitrogen and oxygen atoms in total. The summed E-state index contributed by atoms with van der Waals surface area (Å²) in [5.41, 5.74) is -1.40. The molecule has 2 fully saturated rings. The minimum Gasteiger partial charge on any atom is -0.355 e. The Hall–Kier alpha value is -3.32. The van der Waals surface area contributed by atoms with E-state index in [2.05, 4.69) is 20.1 Å². The van der Waals surface area contributed by atoms with Crippen LogP contribution in [-0.4, -0.2) is 61.9 Å². The number of aryl methyl sites for hydroxylation is 1. The molecule has 0 saturated carbocycles. The first-order valence-corrected chi connectivity index (χ1v) is 12.0. The summed E-state index contributed by atoms with van der Waals surface area (Å²) in [6, 6.07) is 0.965. The average Bonchev–Trinajstić information content (AvgIpc) is 3.38. The second-order valence-electron chi connectivity index (χ2n) is 10.4. The van der Waals surface area contributed by atoms with E-state index in [0.29, 0.717) is 38.7 Å². The first kappa shape index (κ1) is 25.3. The number of nitrogens with zero attached hydrogens (tertiary/aromatic N) is 8. The number of hydrogen-bond acceptors (Lipinski definition) is 7. The van der Waals surface area contributed by atoms with Crippen LogP contribution in [0.15, 0.2) is 17.1 Å². The van der Waals surface area contributed by atoms with Crippen molar-refractivity contribution in [1.82, 2.24) is 29.3 Å². The second-order valence-corrected chi connectivity index (χ2v) is 10.4. The Bertz CT molecular complexity index is 1380. The van der Waals surface area contributed by atoms with Gasteiger partial charge in [0, 0.05) is 44.2 Å². The molecule has 5 rings (SSSR count). The van der Waals surface area contributed by atoms with Crippen LogP contribution < -0.4 is 15.4 Å². The summed E-state index contributed by atoms with van der Waals surface area (Å²) in [5, 5.41) is 4.15. The maximum absolute atomic E-state index is 13.3. The van der Waals surface area contributed by atoms with Gasteiger partial charge in [0.05, 0.1) is 6.20 Å². The molecule has 0 radical (unpaired) electrons. The quantitative estimate of drug-likeness (QED) is 0.456. The molecule has 0 N–H and O–H groups in total. The minimum absolute atomic E-state index is 0.0504. The van der Waals surface area contributed by atoms with Gasteiger partial charge < -0.3 is 9.80 Å². The predicted molar refractivity (Wildman–Crippen MR) is 126 cm³/mol. The van der Waals surface area contributed by atoms with E-state index in [1.54, 1.807) is 9.47 Å². The molecule has 14 heteroatoms. The predicted octanol–water partition coefficient (Wildman–Crippen LogP) is 3.35. The van der Waals surface area contributed by atoms with Gasteiger partial charge in [0.15, 0.2) is 5.65 Å². The molecule has 5 heterocycles. The largest absolute Gasteiger partial charge is 0.433 e. The molecule has 3 aromatic heterocycles. The van der Waals surface area contributed by atoms with Crippen LogP contribution in [0.5, 0.6) is 0 Å². The number of hydrogen-bond donors (Lipinski definition) is 0. The average molecular weight is 527 g/mol. The van der Waals surface area contributed by atoms with Crippen molar-refractivity contribution in [3.8, 4) is 0 Å². The van der Waals surface area contributed by atoms with Gasteiger partial charge >= 0.3 is 6.18 Å². The van der Waals surface area contributed by atoms with Crippen molar-refractivity contribution >= 4 is 22.8 Å². The van der Waals surface area contributed by atoms with Gasteiger partial charge in [-0.2, -0.15) is 23.3 Å². The Morgan fingerprint density at radius 1 is 1.05 bits per heavy atom. The molecule has 0 bridgehead atoms. The third-order valence-electron chi connectivity index (χ3n) is 6.81. The molecule has 0 unspecified atom stereocenters.